The van der Waals surface area contributed by atoms with E-state index in [-0.39, 0.29) is 11.9 Å². The molecular formula is C16H18FNO. The average molecular weight is 259 g/mol. The lowest BCUT2D eigenvalue weighted by molar-refractivity contribution is 0.289. The van der Waals surface area contributed by atoms with Gasteiger partial charge in [0.15, 0.2) is 0 Å². The summed E-state index contributed by atoms with van der Waals surface area (Å²) in [5.41, 5.74) is 9.55. The number of benzene rings is 2. The van der Waals surface area contributed by atoms with Crippen LogP contribution in [0.25, 0.3) is 0 Å². The Morgan fingerprint density at radius 3 is 2.58 bits per heavy atom. The smallest absolute Gasteiger partial charge is 0.126 e. The fraction of sp³-hybridized carbons (Fsp3) is 0.250. The SMILES string of the molecule is Cc1ccc(C(N)COc2cccc(F)c2)cc1C. The molecule has 0 heterocycles. The van der Waals surface area contributed by atoms with Crippen LogP contribution in [0.15, 0.2) is 42.5 Å². The van der Waals surface area contributed by atoms with Crippen LogP contribution in [0.1, 0.15) is 22.7 Å². The van der Waals surface area contributed by atoms with Crippen LogP contribution < -0.4 is 10.5 Å². The van der Waals surface area contributed by atoms with Crippen molar-refractivity contribution < 1.29 is 9.13 Å². The van der Waals surface area contributed by atoms with Gasteiger partial charge in [-0.2, -0.15) is 0 Å². The fourth-order valence-corrected chi connectivity index (χ4v) is 1.83. The molecule has 3 heteroatoms. The highest BCUT2D eigenvalue weighted by atomic mass is 19.1. The van der Waals surface area contributed by atoms with E-state index in [4.69, 9.17) is 10.5 Å². The summed E-state index contributed by atoms with van der Waals surface area (Å²) in [5, 5.41) is 0. The number of halogens is 1. The van der Waals surface area contributed by atoms with Crippen molar-refractivity contribution in [3.8, 4) is 5.75 Å². The summed E-state index contributed by atoms with van der Waals surface area (Å²) < 4.78 is 18.5. The van der Waals surface area contributed by atoms with Gasteiger partial charge in [0.05, 0.1) is 6.04 Å². The molecule has 2 aromatic carbocycles. The van der Waals surface area contributed by atoms with Crippen LogP contribution in [0, 0.1) is 19.7 Å². The van der Waals surface area contributed by atoms with Crippen molar-refractivity contribution in [1.82, 2.24) is 0 Å². The predicted octanol–water partition coefficient (Wildman–Crippen LogP) is 3.52. The molecule has 2 rings (SSSR count). The molecule has 0 radical (unpaired) electrons. The normalized spacial score (nSPS) is 12.2. The Labute approximate surface area is 113 Å². The second-order valence-corrected chi connectivity index (χ2v) is 4.72. The number of aryl methyl sites for hydroxylation is 2. The Morgan fingerprint density at radius 2 is 1.89 bits per heavy atom. The molecule has 0 saturated carbocycles. The number of hydrogen-bond acceptors (Lipinski definition) is 2. The Morgan fingerprint density at radius 1 is 1.11 bits per heavy atom. The first-order chi connectivity index (χ1) is 9.06. The zero-order valence-corrected chi connectivity index (χ0v) is 11.2. The number of nitrogens with two attached hydrogens (primary N) is 1. The topological polar surface area (TPSA) is 35.2 Å². The summed E-state index contributed by atoms with van der Waals surface area (Å²) in [7, 11) is 0. The predicted molar refractivity (Wildman–Crippen MR) is 74.7 cm³/mol. The van der Waals surface area contributed by atoms with Crippen molar-refractivity contribution in [2.75, 3.05) is 6.61 Å². The maximum Gasteiger partial charge on any atom is 0.126 e. The molecule has 0 bridgehead atoms. The van der Waals surface area contributed by atoms with Gasteiger partial charge in [0, 0.05) is 6.07 Å². The lowest BCUT2D eigenvalue weighted by Gasteiger charge is -2.15. The van der Waals surface area contributed by atoms with Crippen molar-refractivity contribution in [1.29, 1.82) is 0 Å². The first-order valence-corrected chi connectivity index (χ1v) is 6.27. The molecule has 1 atom stereocenters. The highest BCUT2D eigenvalue weighted by molar-refractivity contribution is 5.32. The quantitative estimate of drug-likeness (QED) is 0.911. The summed E-state index contributed by atoms with van der Waals surface area (Å²) in [6.45, 7) is 4.44. The third kappa shape index (κ3) is 3.55. The molecule has 2 aromatic rings. The molecule has 0 amide bonds. The minimum absolute atomic E-state index is 0.220. The summed E-state index contributed by atoms with van der Waals surface area (Å²) in [6, 6.07) is 12.0. The van der Waals surface area contributed by atoms with Gasteiger partial charge >= 0.3 is 0 Å². The second kappa shape index (κ2) is 5.85. The van der Waals surface area contributed by atoms with Gasteiger partial charge < -0.3 is 10.5 Å². The summed E-state index contributed by atoms with van der Waals surface area (Å²) in [4.78, 5) is 0. The lowest BCUT2D eigenvalue weighted by atomic mass is 10.0. The third-order valence-electron chi connectivity index (χ3n) is 3.18. The van der Waals surface area contributed by atoms with Gasteiger partial charge in [0.1, 0.15) is 18.2 Å². The van der Waals surface area contributed by atoms with Crippen LogP contribution in [0.4, 0.5) is 4.39 Å². The Bertz CT molecular complexity index is 568. The van der Waals surface area contributed by atoms with Gasteiger partial charge in [-0.15, -0.1) is 0 Å². The van der Waals surface area contributed by atoms with Crippen LogP contribution in [-0.2, 0) is 0 Å². The van der Waals surface area contributed by atoms with Crippen LogP contribution >= 0.6 is 0 Å². The van der Waals surface area contributed by atoms with E-state index in [0.29, 0.717) is 12.4 Å². The molecule has 0 aliphatic rings. The maximum absolute atomic E-state index is 13.0. The van der Waals surface area contributed by atoms with E-state index in [1.54, 1.807) is 12.1 Å². The van der Waals surface area contributed by atoms with Crippen molar-refractivity contribution in [3.63, 3.8) is 0 Å². The van der Waals surface area contributed by atoms with Crippen LogP contribution in [0.2, 0.25) is 0 Å². The minimum atomic E-state index is -0.308. The molecular weight excluding hydrogens is 241 g/mol. The Hall–Kier alpha value is -1.87. The largest absolute Gasteiger partial charge is 0.492 e. The Kier molecular flexibility index (Phi) is 4.17. The Balaban J connectivity index is 2.01. The maximum atomic E-state index is 13.0. The molecule has 0 aliphatic heterocycles. The van der Waals surface area contributed by atoms with E-state index in [9.17, 15) is 4.39 Å². The van der Waals surface area contributed by atoms with Crippen molar-refractivity contribution >= 4 is 0 Å². The van der Waals surface area contributed by atoms with Crippen LogP contribution in [0.3, 0.4) is 0 Å². The van der Waals surface area contributed by atoms with E-state index in [2.05, 4.69) is 19.9 Å². The third-order valence-corrected chi connectivity index (χ3v) is 3.18. The molecule has 2 N–H and O–H groups in total. The van der Waals surface area contributed by atoms with E-state index in [1.165, 1.54) is 23.3 Å². The van der Waals surface area contributed by atoms with Gasteiger partial charge in [-0.25, -0.2) is 4.39 Å². The zero-order chi connectivity index (χ0) is 13.8. The molecule has 1 unspecified atom stereocenters. The first kappa shape index (κ1) is 13.6. The number of ether oxygens (including phenoxy) is 1. The molecule has 2 nitrogen and oxygen atoms in total. The van der Waals surface area contributed by atoms with Crippen LogP contribution in [0.5, 0.6) is 5.75 Å². The van der Waals surface area contributed by atoms with Crippen molar-refractivity contribution in [3.05, 3.63) is 65.0 Å². The molecule has 0 saturated heterocycles. The minimum Gasteiger partial charge on any atom is -0.492 e. The summed E-state index contributed by atoms with van der Waals surface area (Å²) in [6.07, 6.45) is 0. The molecule has 0 spiro atoms. The van der Waals surface area contributed by atoms with E-state index >= 15 is 0 Å². The highest BCUT2D eigenvalue weighted by Gasteiger charge is 2.08. The van der Waals surface area contributed by atoms with Gasteiger partial charge in [-0.1, -0.05) is 24.3 Å². The molecule has 19 heavy (non-hydrogen) atoms. The second-order valence-electron chi connectivity index (χ2n) is 4.72. The highest BCUT2D eigenvalue weighted by Crippen LogP contribution is 2.18. The van der Waals surface area contributed by atoms with Crippen molar-refractivity contribution in [2.45, 2.75) is 19.9 Å². The molecule has 100 valence electrons. The van der Waals surface area contributed by atoms with Gasteiger partial charge in [-0.05, 0) is 42.7 Å². The summed E-state index contributed by atoms with van der Waals surface area (Å²) in [5.74, 6) is 0.191. The van der Waals surface area contributed by atoms with E-state index < -0.39 is 0 Å². The standard InChI is InChI=1S/C16H18FNO/c1-11-6-7-13(8-12(11)2)16(18)10-19-15-5-3-4-14(17)9-15/h3-9,16H,10,18H2,1-2H3. The molecule has 0 fully saturated rings. The van der Waals surface area contributed by atoms with Gasteiger partial charge in [0.2, 0.25) is 0 Å². The van der Waals surface area contributed by atoms with E-state index in [0.717, 1.165) is 5.56 Å². The number of hydrogen-bond donors (Lipinski definition) is 1. The molecule has 0 aromatic heterocycles. The zero-order valence-electron chi connectivity index (χ0n) is 11.2. The van der Waals surface area contributed by atoms with Gasteiger partial charge in [0.25, 0.3) is 0 Å². The van der Waals surface area contributed by atoms with E-state index in [1.807, 2.05) is 12.1 Å². The summed E-state index contributed by atoms with van der Waals surface area (Å²) >= 11 is 0. The lowest BCUT2D eigenvalue weighted by Crippen LogP contribution is -2.19. The van der Waals surface area contributed by atoms with Crippen LogP contribution in [-0.4, -0.2) is 6.61 Å². The first-order valence-electron chi connectivity index (χ1n) is 6.27. The molecule has 0 aliphatic carbocycles. The monoisotopic (exact) mass is 259 g/mol. The van der Waals surface area contributed by atoms with Gasteiger partial charge in [-0.3, -0.25) is 0 Å². The fourth-order valence-electron chi connectivity index (χ4n) is 1.83. The van der Waals surface area contributed by atoms with Crippen molar-refractivity contribution in [2.24, 2.45) is 5.73 Å². The average Bonchev–Trinajstić information content (AvgIpc) is 2.39. The number of rotatable bonds is 4.